The van der Waals surface area contributed by atoms with Gasteiger partial charge in [-0.05, 0) is 83.5 Å². The Hall–Kier alpha value is -2.38. The minimum absolute atomic E-state index is 0.127. The van der Waals surface area contributed by atoms with Gasteiger partial charge in [0.1, 0.15) is 24.4 Å². The highest BCUT2D eigenvalue weighted by molar-refractivity contribution is 5.80. The molecule has 0 aliphatic carbocycles. The summed E-state index contributed by atoms with van der Waals surface area (Å²) in [5, 5.41) is 57.3. The minimum Gasteiger partial charge on any atom is -0.454 e. The molecule has 8 atom stereocenters. The number of allylic oxidation sites excluding steroid dienone is 7. The first-order valence-electron chi connectivity index (χ1n) is 37.4. The number of carbonyl (C=O) groups is 2. The van der Waals surface area contributed by atoms with Crippen LogP contribution in [0.3, 0.4) is 0 Å². The standard InChI is InChI=1S/C76H141NO10/c1-4-7-10-13-16-19-22-24-26-28-30-32-33-34-35-36-37-38-40-42-44-46-49-52-55-58-61-64-71(81)87-74-73(83)72(82)70(65-78)86-76(74)85-66-67(68(79)62-59-56-53-50-47-21-18-15-12-9-6-3)77-75(84)69(80)63-60-57-54-51-48-45-43-41-39-31-29-27-25-23-20-17-14-11-8-5-2/h17,20,24-27,59,62,67-70,72-74,76,78-80,82-83H,4-16,18-19,21-23,28-58,60-61,63-66H2,1-3H3,(H,77,84)/b20-17-,26-24+,27-25-,62-59+. The Balaban J connectivity index is 2.50. The van der Waals surface area contributed by atoms with Gasteiger partial charge in [0.05, 0.1) is 25.4 Å². The summed E-state index contributed by atoms with van der Waals surface area (Å²) in [5.74, 6) is -1.18. The van der Waals surface area contributed by atoms with E-state index in [-0.39, 0.29) is 13.0 Å². The predicted octanol–water partition coefficient (Wildman–Crippen LogP) is 19.5. The second-order valence-corrected chi connectivity index (χ2v) is 26.0. The largest absolute Gasteiger partial charge is 0.454 e. The van der Waals surface area contributed by atoms with Gasteiger partial charge in [-0.15, -0.1) is 0 Å². The number of amides is 1. The number of aliphatic hydroxyl groups excluding tert-OH is 5. The zero-order chi connectivity index (χ0) is 63.1. The summed E-state index contributed by atoms with van der Waals surface area (Å²) >= 11 is 0. The lowest BCUT2D eigenvalue weighted by Crippen LogP contribution is -2.61. The molecule has 0 spiro atoms. The van der Waals surface area contributed by atoms with Crippen LogP contribution in [0.1, 0.15) is 361 Å². The molecule has 0 aromatic carbocycles. The first-order chi connectivity index (χ1) is 42.7. The zero-order valence-corrected chi connectivity index (χ0v) is 56.9. The average Bonchev–Trinajstić information content (AvgIpc) is 1.56. The smallest absolute Gasteiger partial charge is 0.306 e. The van der Waals surface area contributed by atoms with E-state index in [9.17, 15) is 35.1 Å². The summed E-state index contributed by atoms with van der Waals surface area (Å²) in [5.41, 5.74) is 0. The van der Waals surface area contributed by atoms with E-state index < -0.39 is 67.4 Å². The molecule has 0 saturated carbocycles. The van der Waals surface area contributed by atoms with Crippen LogP contribution >= 0.6 is 0 Å². The Kier molecular flexibility index (Phi) is 60.6. The molecule has 11 nitrogen and oxygen atoms in total. The van der Waals surface area contributed by atoms with Crippen LogP contribution in [0.25, 0.3) is 0 Å². The molecule has 0 aromatic rings. The molecule has 11 heteroatoms. The fourth-order valence-electron chi connectivity index (χ4n) is 11.8. The predicted molar refractivity (Wildman–Crippen MR) is 366 cm³/mol. The molecule has 510 valence electrons. The SMILES string of the molecule is CCCCC/C=C\C/C=C\CCCCCCCCCCCCC(O)C(=O)NC(COC1OC(CO)C(O)C(O)C1OC(=O)CCCCCCCCCCCCCCCCCCC/C=C/CCCCCCCC)C(O)/C=C/CCCCCCCCCCC. The molecule has 6 N–H and O–H groups in total. The summed E-state index contributed by atoms with van der Waals surface area (Å²) in [6.45, 7) is 5.81. The van der Waals surface area contributed by atoms with Gasteiger partial charge in [0.15, 0.2) is 12.4 Å². The van der Waals surface area contributed by atoms with E-state index >= 15 is 0 Å². The van der Waals surface area contributed by atoms with Crippen molar-refractivity contribution >= 4 is 11.9 Å². The Morgan fingerprint density at radius 3 is 1.21 bits per heavy atom. The molecule has 1 aliphatic heterocycles. The van der Waals surface area contributed by atoms with Crippen molar-refractivity contribution in [3.05, 3.63) is 48.6 Å². The van der Waals surface area contributed by atoms with Crippen molar-refractivity contribution in [3.8, 4) is 0 Å². The van der Waals surface area contributed by atoms with Gasteiger partial charge in [-0.25, -0.2) is 0 Å². The van der Waals surface area contributed by atoms with E-state index in [1.807, 2.05) is 6.08 Å². The van der Waals surface area contributed by atoms with E-state index in [0.29, 0.717) is 19.3 Å². The van der Waals surface area contributed by atoms with E-state index in [0.717, 1.165) is 70.6 Å². The minimum atomic E-state index is -1.61. The molecule has 0 bridgehead atoms. The van der Waals surface area contributed by atoms with Gasteiger partial charge in [-0.1, -0.05) is 320 Å². The Labute approximate surface area is 536 Å². The van der Waals surface area contributed by atoms with Crippen molar-refractivity contribution in [3.63, 3.8) is 0 Å². The molecule has 87 heavy (non-hydrogen) atoms. The highest BCUT2D eigenvalue weighted by atomic mass is 16.7. The number of nitrogens with one attached hydrogen (secondary N) is 1. The molecule has 0 radical (unpaired) electrons. The maximum Gasteiger partial charge on any atom is 0.306 e. The number of hydrogen-bond donors (Lipinski definition) is 6. The molecule has 1 aliphatic rings. The lowest BCUT2D eigenvalue weighted by atomic mass is 9.99. The van der Waals surface area contributed by atoms with Crippen molar-refractivity contribution in [2.24, 2.45) is 0 Å². The lowest BCUT2D eigenvalue weighted by molar-refractivity contribution is -0.305. The van der Waals surface area contributed by atoms with Gasteiger partial charge >= 0.3 is 5.97 Å². The van der Waals surface area contributed by atoms with Gasteiger partial charge in [0, 0.05) is 6.42 Å². The van der Waals surface area contributed by atoms with Gasteiger partial charge in [0.2, 0.25) is 5.91 Å². The Morgan fingerprint density at radius 1 is 0.448 bits per heavy atom. The molecule has 0 aromatic heterocycles. The third kappa shape index (κ3) is 50.9. The molecular formula is C76H141NO10. The molecular weight excluding hydrogens is 1090 g/mol. The summed E-state index contributed by atoms with van der Waals surface area (Å²) in [7, 11) is 0. The van der Waals surface area contributed by atoms with Crippen LogP contribution in [0, 0.1) is 0 Å². The number of esters is 1. The maximum absolute atomic E-state index is 13.5. The average molecular weight is 1230 g/mol. The van der Waals surface area contributed by atoms with E-state index in [1.165, 1.54) is 244 Å². The highest BCUT2D eigenvalue weighted by Gasteiger charge is 2.47. The van der Waals surface area contributed by atoms with Crippen LogP contribution in [0.4, 0.5) is 0 Å². The summed E-state index contributed by atoms with van der Waals surface area (Å²) in [4.78, 5) is 26.7. The number of ether oxygens (including phenoxy) is 3. The summed E-state index contributed by atoms with van der Waals surface area (Å²) in [6, 6.07) is -1.02. The van der Waals surface area contributed by atoms with Gasteiger partial charge in [-0.2, -0.15) is 0 Å². The van der Waals surface area contributed by atoms with Crippen LogP contribution in [0.15, 0.2) is 48.6 Å². The van der Waals surface area contributed by atoms with E-state index in [1.54, 1.807) is 6.08 Å². The Bertz CT molecular complexity index is 1600. The highest BCUT2D eigenvalue weighted by Crippen LogP contribution is 2.26. The number of aliphatic hydroxyl groups is 5. The topological polar surface area (TPSA) is 175 Å². The van der Waals surface area contributed by atoms with Crippen LogP contribution in [0.2, 0.25) is 0 Å². The van der Waals surface area contributed by atoms with Crippen LogP contribution in [-0.2, 0) is 23.8 Å². The number of carbonyl (C=O) groups excluding carboxylic acids is 2. The van der Waals surface area contributed by atoms with E-state index in [4.69, 9.17) is 14.2 Å². The normalized spacial score (nSPS) is 18.5. The number of hydrogen-bond acceptors (Lipinski definition) is 10. The third-order valence-electron chi connectivity index (χ3n) is 17.7. The van der Waals surface area contributed by atoms with Gasteiger partial charge in [0.25, 0.3) is 0 Å². The lowest BCUT2D eigenvalue weighted by Gasteiger charge is -2.41. The van der Waals surface area contributed by atoms with Crippen molar-refractivity contribution < 1.29 is 49.3 Å². The molecule has 8 unspecified atom stereocenters. The van der Waals surface area contributed by atoms with Gasteiger partial charge in [-0.3, -0.25) is 9.59 Å². The maximum atomic E-state index is 13.5. The van der Waals surface area contributed by atoms with Crippen LogP contribution in [-0.4, -0.2) is 99.6 Å². The van der Waals surface area contributed by atoms with Crippen LogP contribution in [0.5, 0.6) is 0 Å². The van der Waals surface area contributed by atoms with Crippen LogP contribution < -0.4 is 5.32 Å². The van der Waals surface area contributed by atoms with Crippen molar-refractivity contribution in [1.82, 2.24) is 5.32 Å². The van der Waals surface area contributed by atoms with E-state index in [2.05, 4.69) is 62.5 Å². The fourth-order valence-corrected chi connectivity index (χ4v) is 11.8. The van der Waals surface area contributed by atoms with Crippen molar-refractivity contribution in [1.29, 1.82) is 0 Å². The molecule has 1 amide bonds. The third-order valence-corrected chi connectivity index (χ3v) is 17.7. The van der Waals surface area contributed by atoms with Gasteiger partial charge < -0.3 is 45.1 Å². The quantitative estimate of drug-likeness (QED) is 0.0195. The first kappa shape index (κ1) is 82.6. The second kappa shape index (κ2) is 63.8. The number of rotatable bonds is 65. The Morgan fingerprint density at radius 2 is 0.793 bits per heavy atom. The van der Waals surface area contributed by atoms with Crippen molar-refractivity contribution in [2.75, 3.05) is 13.2 Å². The fraction of sp³-hybridized carbons (Fsp3) is 0.868. The first-order valence-corrected chi connectivity index (χ1v) is 37.4. The summed E-state index contributed by atoms with van der Waals surface area (Å²) < 4.78 is 17.7. The molecule has 1 fully saturated rings. The monoisotopic (exact) mass is 1230 g/mol. The molecule has 1 saturated heterocycles. The second-order valence-electron chi connectivity index (χ2n) is 26.0. The molecule has 1 rings (SSSR count). The molecule has 1 heterocycles. The van der Waals surface area contributed by atoms with Crippen molar-refractivity contribution in [2.45, 2.75) is 410 Å². The summed E-state index contributed by atoms with van der Waals surface area (Å²) in [6.07, 6.45) is 70.2. The number of unbranched alkanes of at least 4 members (excludes halogenated alkanes) is 45. The zero-order valence-electron chi connectivity index (χ0n) is 56.9.